The van der Waals surface area contributed by atoms with E-state index in [1.165, 1.54) is 0 Å². The number of hydrogen-bond acceptors (Lipinski definition) is 3. The number of rotatable bonds is 4. The molecular formula is C12H17N3O3S. The van der Waals surface area contributed by atoms with Gasteiger partial charge in [0.15, 0.2) is 0 Å². The molecule has 0 aromatic heterocycles. The Bertz CT molecular complexity index is 566. The number of anilines is 2. The topological polar surface area (TPSA) is 78.5 Å². The quantitative estimate of drug-likeness (QED) is 0.876. The molecule has 6 nitrogen and oxygen atoms in total. The number of nitrogens with zero attached hydrogens (tertiary/aromatic N) is 1. The van der Waals surface area contributed by atoms with Gasteiger partial charge >= 0.3 is 6.03 Å². The molecule has 0 unspecified atom stereocenters. The second kappa shape index (κ2) is 5.08. The van der Waals surface area contributed by atoms with Crippen LogP contribution < -0.4 is 14.9 Å². The minimum atomic E-state index is -3.34. The Hall–Kier alpha value is -1.76. The highest BCUT2D eigenvalue weighted by atomic mass is 32.2. The molecule has 0 bridgehead atoms. The summed E-state index contributed by atoms with van der Waals surface area (Å²) in [6.07, 6.45) is 0. The van der Waals surface area contributed by atoms with Gasteiger partial charge in [0.25, 0.3) is 0 Å². The maximum Gasteiger partial charge on any atom is 0.321 e. The lowest BCUT2D eigenvalue weighted by atomic mass is 10.2. The van der Waals surface area contributed by atoms with E-state index in [0.717, 1.165) is 5.69 Å². The fourth-order valence-corrected chi connectivity index (χ4v) is 2.41. The molecule has 1 aromatic carbocycles. The summed E-state index contributed by atoms with van der Waals surface area (Å²) < 4.78 is 25.9. The van der Waals surface area contributed by atoms with Gasteiger partial charge in [-0.3, -0.25) is 9.62 Å². The largest absolute Gasteiger partial charge is 0.336 e. The van der Waals surface area contributed by atoms with Gasteiger partial charge in [0.1, 0.15) is 0 Å². The molecule has 0 spiro atoms. The van der Waals surface area contributed by atoms with Crippen LogP contribution in [0.5, 0.6) is 0 Å². The van der Waals surface area contributed by atoms with Gasteiger partial charge in [-0.05, 0) is 38.1 Å². The van der Waals surface area contributed by atoms with Crippen LogP contribution in [-0.2, 0) is 10.0 Å². The van der Waals surface area contributed by atoms with E-state index >= 15 is 0 Å². The zero-order valence-electron chi connectivity index (χ0n) is 10.9. The molecule has 7 heteroatoms. The predicted octanol–water partition coefficient (Wildman–Crippen LogP) is 1.37. The average Bonchev–Trinajstić information content (AvgIpc) is 2.76. The van der Waals surface area contributed by atoms with Crippen LogP contribution in [0.25, 0.3) is 0 Å². The van der Waals surface area contributed by atoms with Gasteiger partial charge in [-0.1, -0.05) is 0 Å². The Kier molecular flexibility index (Phi) is 3.66. The van der Waals surface area contributed by atoms with Crippen molar-refractivity contribution in [1.82, 2.24) is 5.32 Å². The number of benzene rings is 1. The van der Waals surface area contributed by atoms with E-state index in [2.05, 4.69) is 10.0 Å². The third kappa shape index (κ3) is 2.98. The van der Waals surface area contributed by atoms with E-state index in [1.54, 1.807) is 43.0 Å². The molecule has 1 saturated heterocycles. The summed E-state index contributed by atoms with van der Waals surface area (Å²) in [5, 5.41) is 2.22. The summed E-state index contributed by atoms with van der Waals surface area (Å²) in [7, 11) is -3.34. The second-order valence-electron chi connectivity index (χ2n) is 4.63. The average molecular weight is 283 g/mol. The molecule has 0 radical (unpaired) electrons. The minimum Gasteiger partial charge on any atom is -0.336 e. The third-order valence-electron chi connectivity index (χ3n) is 2.92. The lowest BCUT2D eigenvalue weighted by Gasteiger charge is -2.15. The van der Waals surface area contributed by atoms with Gasteiger partial charge in [0.05, 0.1) is 5.25 Å². The van der Waals surface area contributed by atoms with Crippen molar-refractivity contribution in [1.29, 1.82) is 0 Å². The van der Waals surface area contributed by atoms with Gasteiger partial charge in [-0.15, -0.1) is 0 Å². The van der Waals surface area contributed by atoms with E-state index < -0.39 is 15.3 Å². The van der Waals surface area contributed by atoms with Crippen molar-refractivity contribution in [2.75, 3.05) is 22.7 Å². The Labute approximate surface area is 112 Å². The lowest BCUT2D eigenvalue weighted by molar-refractivity contribution is 0.252. The smallest absolute Gasteiger partial charge is 0.321 e. The van der Waals surface area contributed by atoms with Crippen molar-refractivity contribution in [3.8, 4) is 0 Å². The van der Waals surface area contributed by atoms with Crippen molar-refractivity contribution >= 4 is 27.4 Å². The molecule has 104 valence electrons. The number of amides is 2. The Morgan fingerprint density at radius 3 is 2.37 bits per heavy atom. The van der Waals surface area contributed by atoms with Gasteiger partial charge in [-0.25, -0.2) is 13.2 Å². The van der Waals surface area contributed by atoms with Crippen molar-refractivity contribution in [3.05, 3.63) is 24.3 Å². The fourth-order valence-electron chi connectivity index (χ4n) is 1.71. The Morgan fingerprint density at radius 2 is 1.89 bits per heavy atom. The number of urea groups is 1. The minimum absolute atomic E-state index is 0.129. The zero-order valence-corrected chi connectivity index (χ0v) is 11.7. The first-order valence-electron chi connectivity index (χ1n) is 6.07. The van der Waals surface area contributed by atoms with Gasteiger partial charge in [0.2, 0.25) is 10.0 Å². The molecule has 0 aliphatic carbocycles. The Balaban J connectivity index is 2.13. The first-order chi connectivity index (χ1) is 8.90. The van der Waals surface area contributed by atoms with Crippen LogP contribution in [0.1, 0.15) is 13.8 Å². The van der Waals surface area contributed by atoms with E-state index in [1.807, 2.05) is 0 Å². The highest BCUT2D eigenvalue weighted by molar-refractivity contribution is 7.93. The van der Waals surface area contributed by atoms with Crippen molar-refractivity contribution < 1.29 is 13.2 Å². The molecule has 2 rings (SSSR count). The van der Waals surface area contributed by atoms with Crippen LogP contribution in [0, 0.1) is 0 Å². The van der Waals surface area contributed by atoms with Crippen LogP contribution in [0.15, 0.2) is 24.3 Å². The van der Waals surface area contributed by atoms with Crippen molar-refractivity contribution in [3.63, 3.8) is 0 Å². The maximum absolute atomic E-state index is 11.7. The number of sulfonamides is 1. The molecule has 2 N–H and O–H groups in total. The highest BCUT2D eigenvalue weighted by Crippen LogP contribution is 2.20. The summed E-state index contributed by atoms with van der Waals surface area (Å²) in [4.78, 5) is 13.1. The molecule has 0 saturated carbocycles. The first-order valence-corrected chi connectivity index (χ1v) is 7.62. The number of carbonyl (C=O) groups excluding carboxylic acids is 1. The highest BCUT2D eigenvalue weighted by Gasteiger charge is 2.21. The molecule has 1 heterocycles. The first kappa shape index (κ1) is 13.7. The van der Waals surface area contributed by atoms with Crippen molar-refractivity contribution in [2.24, 2.45) is 0 Å². The van der Waals surface area contributed by atoms with E-state index in [-0.39, 0.29) is 6.03 Å². The van der Waals surface area contributed by atoms with Crippen molar-refractivity contribution in [2.45, 2.75) is 19.1 Å². The second-order valence-corrected chi connectivity index (χ2v) is 6.86. The molecule has 1 aliphatic heterocycles. The number of carbonyl (C=O) groups is 1. The fraction of sp³-hybridized carbons (Fsp3) is 0.417. The van der Waals surface area contributed by atoms with E-state index in [4.69, 9.17) is 0 Å². The van der Waals surface area contributed by atoms with Crippen LogP contribution in [0.2, 0.25) is 0 Å². The molecule has 19 heavy (non-hydrogen) atoms. The Morgan fingerprint density at radius 1 is 1.26 bits per heavy atom. The summed E-state index contributed by atoms with van der Waals surface area (Å²) in [6, 6.07) is 6.63. The standard InChI is InChI=1S/C12H17N3O3S/c1-9(2)19(17,18)14-10-3-5-11(6-4-10)15-8-7-13-12(15)16/h3-6,9,14H,7-8H2,1-2H3,(H,13,16). The predicted molar refractivity (Wildman–Crippen MR) is 74.9 cm³/mol. The van der Waals surface area contributed by atoms with E-state index in [0.29, 0.717) is 18.8 Å². The van der Waals surface area contributed by atoms with Gasteiger partial charge < -0.3 is 5.32 Å². The normalized spacial score (nSPS) is 15.7. The third-order valence-corrected chi connectivity index (χ3v) is 4.68. The molecule has 1 aliphatic rings. The van der Waals surface area contributed by atoms with Crippen LogP contribution in [-0.4, -0.2) is 32.8 Å². The molecule has 1 fully saturated rings. The van der Waals surface area contributed by atoms with Crippen LogP contribution in [0.4, 0.5) is 16.2 Å². The molecule has 2 amide bonds. The molecule has 1 aromatic rings. The van der Waals surface area contributed by atoms with Gasteiger partial charge in [0, 0.05) is 24.5 Å². The summed E-state index contributed by atoms with van der Waals surface area (Å²) in [5.74, 6) is 0. The summed E-state index contributed by atoms with van der Waals surface area (Å²) in [6.45, 7) is 4.48. The van der Waals surface area contributed by atoms with E-state index in [9.17, 15) is 13.2 Å². The SMILES string of the molecule is CC(C)S(=O)(=O)Nc1ccc(N2CCNC2=O)cc1. The molecular weight excluding hydrogens is 266 g/mol. The summed E-state index contributed by atoms with van der Waals surface area (Å²) in [5.41, 5.74) is 1.25. The molecule has 0 atom stereocenters. The van der Waals surface area contributed by atoms with Gasteiger partial charge in [-0.2, -0.15) is 0 Å². The number of nitrogens with one attached hydrogen (secondary N) is 2. The van der Waals surface area contributed by atoms with Crippen LogP contribution in [0.3, 0.4) is 0 Å². The zero-order chi connectivity index (χ0) is 14.0. The number of hydrogen-bond donors (Lipinski definition) is 2. The lowest BCUT2D eigenvalue weighted by Crippen LogP contribution is -2.27. The summed E-state index contributed by atoms with van der Waals surface area (Å²) >= 11 is 0. The van der Waals surface area contributed by atoms with Crippen LogP contribution >= 0.6 is 0 Å². The maximum atomic E-state index is 11.7. The monoisotopic (exact) mass is 283 g/mol.